The van der Waals surface area contributed by atoms with Crippen LogP contribution in [-0.2, 0) is 20.7 Å². The van der Waals surface area contributed by atoms with Gasteiger partial charge in [0.15, 0.2) is 0 Å². The van der Waals surface area contributed by atoms with E-state index in [-0.39, 0.29) is 29.7 Å². The highest BCUT2D eigenvalue weighted by molar-refractivity contribution is 5.99. The lowest BCUT2D eigenvalue weighted by molar-refractivity contribution is -0.144. The fraction of sp³-hybridized carbons (Fsp3) is 0.640. The number of hydrogen-bond acceptors (Lipinski definition) is 4. The minimum absolute atomic E-state index is 0.0689. The third kappa shape index (κ3) is 4.76. The van der Waals surface area contributed by atoms with Gasteiger partial charge in [0.1, 0.15) is 5.60 Å². The van der Waals surface area contributed by atoms with Crippen LogP contribution in [0.15, 0.2) is 24.3 Å². The molecule has 1 saturated heterocycles. The number of hydrogen-bond donors (Lipinski definition) is 0. The summed E-state index contributed by atoms with van der Waals surface area (Å²) in [6.07, 6.45) is 4.04. The molecule has 2 fully saturated rings. The summed E-state index contributed by atoms with van der Waals surface area (Å²) in [5.74, 6) is -0.358. The molecule has 2 heterocycles. The lowest BCUT2D eigenvalue weighted by Crippen LogP contribution is -2.54. The Morgan fingerprint density at radius 3 is 2.09 bits per heavy atom. The van der Waals surface area contributed by atoms with Crippen LogP contribution in [0.2, 0.25) is 0 Å². The number of benzene rings is 1. The van der Waals surface area contributed by atoms with Crippen LogP contribution in [-0.4, -0.2) is 66.0 Å². The molecule has 0 aromatic heterocycles. The summed E-state index contributed by atoms with van der Waals surface area (Å²) in [5, 5.41) is 0. The largest absolute Gasteiger partial charge is 0.444 e. The second kappa shape index (κ2) is 9.12. The van der Waals surface area contributed by atoms with E-state index in [0.717, 1.165) is 37.8 Å². The monoisotopic (exact) mass is 441 g/mol. The van der Waals surface area contributed by atoms with Gasteiger partial charge in [-0.15, -0.1) is 0 Å². The fourth-order valence-electron chi connectivity index (χ4n) is 5.16. The predicted octanol–water partition coefficient (Wildman–Crippen LogP) is 3.46. The highest BCUT2D eigenvalue weighted by Crippen LogP contribution is 2.36. The molecule has 4 rings (SSSR count). The second-order valence-electron chi connectivity index (χ2n) is 10.2. The average Bonchev–Trinajstić information content (AvgIpc) is 3.21. The zero-order chi connectivity index (χ0) is 22.9. The van der Waals surface area contributed by atoms with Gasteiger partial charge in [-0.1, -0.05) is 31.0 Å². The van der Waals surface area contributed by atoms with E-state index in [2.05, 4.69) is 6.07 Å². The van der Waals surface area contributed by atoms with Crippen molar-refractivity contribution in [3.8, 4) is 0 Å². The van der Waals surface area contributed by atoms with E-state index in [1.54, 1.807) is 4.90 Å². The minimum Gasteiger partial charge on any atom is -0.444 e. The van der Waals surface area contributed by atoms with E-state index in [9.17, 15) is 14.4 Å². The smallest absolute Gasteiger partial charge is 0.410 e. The molecule has 3 aliphatic rings. The van der Waals surface area contributed by atoms with Crippen molar-refractivity contribution in [1.82, 2.24) is 9.80 Å². The van der Waals surface area contributed by atoms with Crippen molar-refractivity contribution in [1.29, 1.82) is 0 Å². The molecule has 1 aromatic carbocycles. The first-order valence-corrected chi connectivity index (χ1v) is 11.9. The molecule has 0 radical (unpaired) electrons. The van der Waals surface area contributed by atoms with E-state index in [1.807, 2.05) is 48.8 Å². The van der Waals surface area contributed by atoms with Crippen molar-refractivity contribution in [2.45, 2.75) is 58.5 Å². The lowest BCUT2D eigenvalue weighted by atomic mass is 9.77. The zero-order valence-corrected chi connectivity index (χ0v) is 19.5. The van der Waals surface area contributed by atoms with E-state index in [1.165, 1.54) is 5.56 Å². The Morgan fingerprint density at radius 2 is 1.44 bits per heavy atom. The van der Waals surface area contributed by atoms with Crippen molar-refractivity contribution >= 4 is 23.6 Å². The Hall–Kier alpha value is -2.57. The number of carbonyl (C=O) groups excluding carboxylic acids is 3. The zero-order valence-electron chi connectivity index (χ0n) is 19.5. The number of ether oxygens (including phenoxy) is 1. The number of carbonyl (C=O) groups is 3. The molecule has 32 heavy (non-hydrogen) atoms. The predicted molar refractivity (Wildman–Crippen MR) is 122 cm³/mol. The van der Waals surface area contributed by atoms with Gasteiger partial charge in [0.2, 0.25) is 11.8 Å². The second-order valence-corrected chi connectivity index (χ2v) is 10.2. The third-order valence-corrected chi connectivity index (χ3v) is 6.80. The Kier molecular flexibility index (Phi) is 6.45. The molecule has 0 spiro atoms. The molecule has 174 valence electrons. The number of anilines is 1. The molecule has 3 amide bonds. The Labute approximate surface area is 190 Å². The van der Waals surface area contributed by atoms with Gasteiger partial charge in [0.25, 0.3) is 0 Å². The van der Waals surface area contributed by atoms with E-state index >= 15 is 0 Å². The number of nitrogens with zero attached hydrogens (tertiary/aromatic N) is 3. The molecule has 7 heteroatoms. The number of para-hydroxylation sites is 1. The van der Waals surface area contributed by atoms with Gasteiger partial charge in [-0.2, -0.15) is 0 Å². The van der Waals surface area contributed by atoms with E-state index < -0.39 is 5.60 Å². The van der Waals surface area contributed by atoms with Crippen LogP contribution in [0, 0.1) is 11.8 Å². The first-order valence-electron chi connectivity index (χ1n) is 11.9. The quantitative estimate of drug-likeness (QED) is 0.705. The van der Waals surface area contributed by atoms with Crippen LogP contribution >= 0.6 is 0 Å². The summed E-state index contributed by atoms with van der Waals surface area (Å²) in [6.45, 7) is 8.15. The SMILES string of the molecule is CC(C)(C)OC(=O)N1CCN(C(=O)[C@H]2CCCC[C@@H]2C(=O)N2CCc3ccccc32)CC1. The molecule has 0 unspecified atom stereocenters. The summed E-state index contributed by atoms with van der Waals surface area (Å²) in [6, 6.07) is 8.07. The number of piperazine rings is 1. The van der Waals surface area contributed by atoms with Crippen LogP contribution in [0.4, 0.5) is 10.5 Å². The van der Waals surface area contributed by atoms with E-state index in [0.29, 0.717) is 32.7 Å². The molecular weight excluding hydrogens is 406 g/mol. The fourth-order valence-corrected chi connectivity index (χ4v) is 5.16. The highest BCUT2D eigenvalue weighted by atomic mass is 16.6. The van der Waals surface area contributed by atoms with E-state index in [4.69, 9.17) is 4.74 Å². The van der Waals surface area contributed by atoms with Crippen molar-refractivity contribution < 1.29 is 19.1 Å². The molecule has 2 atom stereocenters. The molecule has 0 N–H and O–H groups in total. The number of fused-ring (bicyclic) bond motifs is 1. The van der Waals surface area contributed by atoms with Crippen LogP contribution in [0.3, 0.4) is 0 Å². The summed E-state index contributed by atoms with van der Waals surface area (Å²) < 4.78 is 5.46. The van der Waals surface area contributed by atoms with Crippen molar-refractivity contribution in [3.63, 3.8) is 0 Å². The number of amides is 3. The van der Waals surface area contributed by atoms with Gasteiger partial charge < -0.3 is 19.4 Å². The van der Waals surface area contributed by atoms with Crippen LogP contribution in [0.5, 0.6) is 0 Å². The first kappa shape index (κ1) is 22.6. The Balaban J connectivity index is 1.40. The Bertz CT molecular complexity index is 870. The molecule has 2 aliphatic heterocycles. The standard InChI is InChI=1S/C25H35N3O4/c1-25(2,3)32-24(31)27-16-14-26(15-17-27)22(29)19-9-5-6-10-20(19)23(30)28-13-12-18-8-4-7-11-21(18)28/h4,7-8,11,19-20H,5-6,9-10,12-17H2,1-3H3/t19-,20-/m0/s1. The lowest BCUT2D eigenvalue weighted by Gasteiger charge is -2.39. The highest BCUT2D eigenvalue weighted by Gasteiger charge is 2.41. The van der Waals surface area contributed by atoms with Gasteiger partial charge in [0.05, 0.1) is 5.92 Å². The molecule has 1 aliphatic carbocycles. The summed E-state index contributed by atoms with van der Waals surface area (Å²) in [4.78, 5) is 44.7. The normalized spacial score (nSPS) is 23.7. The van der Waals surface area contributed by atoms with Gasteiger partial charge in [-0.05, 0) is 51.7 Å². The van der Waals surface area contributed by atoms with Crippen LogP contribution in [0.25, 0.3) is 0 Å². The topological polar surface area (TPSA) is 70.2 Å². The molecule has 7 nitrogen and oxygen atoms in total. The molecule has 1 saturated carbocycles. The van der Waals surface area contributed by atoms with Gasteiger partial charge in [-0.3, -0.25) is 9.59 Å². The molecule has 1 aromatic rings. The average molecular weight is 442 g/mol. The van der Waals surface area contributed by atoms with Gasteiger partial charge >= 0.3 is 6.09 Å². The Morgan fingerprint density at radius 1 is 0.844 bits per heavy atom. The summed E-state index contributed by atoms with van der Waals surface area (Å²) >= 11 is 0. The van der Waals surface area contributed by atoms with Crippen LogP contribution < -0.4 is 4.90 Å². The van der Waals surface area contributed by atoms with Crippen molar-refractivity contribution in [2.24, 2.45) is 11.8 Å². The summed E-state index contributed by atoms with van der Waals surface area (Å²) in [7, 11) is 0. The maximum atomic E-state index is 13.5. The maximum absolute atomic E-state index is 13.5. The molecule has 0 bridgehead atoms. The number of rotatable bonds is 2. The van der Waals surface area contributed by atoms with Gasteiger partial charge in [-0.25, -0.2) is 4.79 Å². The summed E-state index contributed by atoms with van der Waals surface area (Å²) in [5.41, 5.74) is 1.67. The van der Waals surface area contributed by atoms with Crippen molar-refractivity contribution in [3.05, 3.63) is 29.8 Å². The van der Waals surface area contributed by atoms with Crippen LogP contribution in [0.1, 0.15) is 52.0 Å². The van der Waals surface area contributed by atoms with Crippen molar-refractivity contribution in [2.75, 3.05) is 37.6 Å². The minimum atomic E-state index is -0.534. The first-order chi connectivity index (χ1) is 15.2. The van der Waals surface area contributed by atoms with Gasteiger partial charge in [0, 0.05) is 44.3 Å². The molecular formula is C25H35N3O4. The maximum Gasteiger partial charge on any atom is 0.410 e. The third-order valence-electron chi connectivity index (χ3n) is 6.80.